The number of carbonyl (C=O) groups is 1. The van der Waals surface area contributed by atoms with E-state index in [0.29, 0.717) is 30.1 Å². The van der Waals surface area contributed by atoms with Crippen molar-refractivity contribution < 1.29 is 14.6 Å². The van der Waals surface area contributed by atoms with E-state index in [1.165, 1.54) is 16.4 Å². The van der Waals surface area contributed by atoms with Gasteiger partial charge in [0.05, 0.1) is 6.20 Å². The van der Waals surface area contributed by atoms with Crippen LogP contribution < -0.4 is 10.5 Å². The van der Waals surface area contributed by atoms with Gasteiger partial charge in [-0.05, 0) is 5.41 Å². The van der Waals surface area contributed by atoms with E-state index in [0.717, 1.165) is 0 Å². The number of nitrogens with two attached hydrogens (primary N) is 1. The Morgan fingerprint density at radius 2 is 2.30 bits per heavy atom. The number of hydrogen-bond acceptors (Lipinski definition) is 5. The van der Waals surface area contributed by atoms with E-state index in [2.05, 4.69) is 25.1 Å². The molecule has 1 aliphatic rings. The van der Waals surface area contributed by atoms with Crippen LogP contribution in [0, 0.1) is 5.41 Å². The van der Waals surface area contributed by atoms with Gasteiger partial charge >= 0.3 is 6.09 Å². The summed E-state index contributed by atoms with van der Waals surface area (Å²) in [5.74, 6) is 0. The lowest BCUT2D eigenvalue weighted by Crippen LogP contribution is -2.53. The highest BCUT2D eigenvalue weighted by molar-refractivity contribution is 7.08. The standard InChI is InChI=1S/C13H21N3O3S/c1-13(2,3)10-6-8(4-5-16(10)12(17)18)19-11-9(14)7-15-20-11/h7-8,10H,4-6,14H2,1-3H3,(H,17,18). The van der Waals surface area contributed by atoms with Crippen molar-refractivity contribution >= 4 is 23.3 Å². The maximum absolute atomic E-state index is 11.3. The molecule has 0 aromatic carbocycles. The number of likely N-dealkylation sites (tertiary alicyclic amines) is 1. The third-order valence-corrected chi connectivity index (χ3v) is 4.35. The molecule has 2 atom stereocenters. The monoisotopic (exact) mass is 299 g/mol. The van der Waals surface area contributed by atoms with Gasteiger partial charge < -0.3 is 20.5 Å². The summed E-state index contributed by atoms with van der Waals surface area (Å²) in [6, 6.07) is -0.0621. The van der Waals surface area contributed by atoms with E-state index >= 15 is 0 Å². The minimum absolute atomic E-state index is 0.0161. The molecular formula is C13H21N3O3S. The number of piperidine rings is 1. The predicted octanol–water partition coefficient (Wildman–Crippen LogP) is 2.66. The fourth-order valence-corrected chi connectivity index (χ4v) is 3.17. The quantitative estimate of drug-likeness (QED) is 0.876. The van der Waals surface area contributed by atoms with Gasteiger partial charge in [0.25, 0.3) is 0 Å². The van der Waals surface area contributed by atoms with Crippen LogP contribution in [-0.2, 0) is 0 Å². The Kier molecular flexibility index (Phi) is 4.08. The Morgan fingerprint density at radius 1 is 1.60 bits per heavy atom. The van der Waals surface area contributed by atoms with E-state index in [1.54, 1.807) is 6.20 Å². The topological polar surface area (TPSA) is 88.7 Å². The highest BCUT2D eigenvalue weighted by Gasteiger charge is 2.39. The molecule has 0 radical (unpaired) electrons. The first-order valence-corrected chi connectivity index (χ1v) is 7.42. The van der Waals surface area contributed by atoms with E-state index in [1.807, 2.05) is 0 Å². The van der Waals surface area contributed by atoms with Gasteiger partial charge in [-0.15, -0.1) is 0 Å². The molecule has 6 nitrogen and oxygen atoms in total. The van der Waals surface area contributed by atoms with E-state index < -0.39 is 6.09 Å². The fourth-order valence-electron chi connectivity index (χ4n) is 2.57. The van der Waals surface area contributed by atoms with Gasteiger partial charge in [0.15, 0.2) is 0 Å². The molecule has 1 amide bonds. The lowest BCUT2D eigenvalue weighted by atomic mass is 9.80. The van der Waals surface area contributed by atoms with Gasteiger partial charge in [0.1, 0.15) is 11.8 Å². The smallest absolute Gasteiger partial charge is 0.407 e. The number of anilines is 1. The van der Waals surface area contributed by atoms with Crippen LogP contribution in [0.15, 0.2) is 6.20 Å². The highest BCUT2D eigenvalue weighted by Crippen LogP contribution is 2.35. The number of rotatable bonds is 2. The number of aromatic nitrogens is 1. The molecular weight excluding hydrogens is 278 g/mol. The van der Waals surface area contributed by atoms with E-state index in [9.17, 15) is 9.90 Å². The summed E-state index contributed by atoms with van der Waals surface area (Å²) >= 11 is 1.23. The van der Waals surface area contributed by atoms with Crippen LogP contribution in [0.25, 0.3) is 0 Å². The average Bonchev–Trinajstić information content (AvgIpc) is 2.73. The van der Waals surface area contributed by atoms with Crippen molar-refractivity contribution in [1.82, 2.24) is 9.27 Å². The Balaban J connectivity index is 2.09. The molecule has 0 saturated carbocycles. The number of amides is 1. The van der Waals surface area contributed by atoms with Crippen molar-refractivity contribution in [3.8, 4) is 5.06 Å². The van der Waals surface area contributed by atoms with Crippen LogP contribution in [-0.4, -0.2) is 39.2 Å². The summed E-state index contributed by atoms with van der Waals surface area (Å²) in [4.78, 5) is 12.9. The second-order valence-electron chi connectivity index (χ2n) is 6.19. The second-order valence-corrected chi connectivity index (χ2v) is 6.95. The molecule has 7 heteroatoms. The van der Waals surface area contributed by atoms with E-state index in [4.69, 9.17) is 10.5 Å². The lowest BCUT2D eigenvalue weighted by molar-refractivity contribution is 0.0143. The molecule has 0 bridgehead atoms. The molecule has 112 valence electrons. The third kappa shape index (κ3) is 3.15. The Bertz CT molecular complexity index is 483. The van der Waals surface area contributed by atoms with Crippen LogP contribution in [0.5, 0.6) is 5.06 Å². The number of carboxylic acid groups (broad SMARTS) is 1. The van der Waals surface area contributed by atoms with Gasteiger partial charge in [0, 0.05) is 37.0 Å². The predicted molar refractivity (Wildman–Crippen MR) is 78.2 cm³/mol. The number of hydrogen-bond donors (Lipinski definition) is 2. The highest BCUT2D eigenvalue weighted by atomic mass is 32.1. The number of ether oxygens (including phenoxy) is 1. The van der Waals surface area contributed by atoms with Crippen LogP contribution in [0.2, 0.25) is 0 Å². The van der Waals surface area contributed by atoms with Crippen LogP contribution in [0.1, 0.15) is 33.6 Å². The molecule has 3 N–H and O–H groups in total. The molecule has 2 rings (SSSR count). The first-order valence-electron chi connectivity index (χ1n) is 6.65. The Hall–Kier alpha value is -1.50. The molecule has 0 aliphatic carbocycles. The average molecular weight is 299 g/mol. The minimum atomic E-state index is -0.860. The first-order chi connectivity index (χ1) is 9.29. The summed E-state index contributed by atoms with van der Waals surface area (Å²) in [6.07, 6.45) is 2.05. The maximum Gasteiger partial charge on any atom is 0.407 e. The summed E-state index contributed by atoms with van der Waals surface area (Å²) in [7, 11) is 0. The van der Waals surface area contributed by atoms with E-state index in [-0.39, 0.29) is 17.6 Å². The van der Waals surface area contributed by atoms with Gasteiger partial charge in [0.2, 0.25) is 5.06 Å². The number of nitrogens with zero attached hydrogens (tertiary/aromatic N) is 2. The van der Waals surface area contributed by atoms with Crippen molar-refractivity contribution in [3.63, 3.8) is 0 Å². The molecule has 1 fully saturated rings. The van der Waals surface area contributed by atoms with Crippen molar-refractivity contribution in [2.24, 2.45) is 5.41 Å². The summed E-state index contributed by atoms with van der Waals surface area (Å²) < 4.78 is 9.88. The Morgan fingerprint density at radius 3 is 2.80 bits per heavy atom. The van der Waals surface area contributed by atoms with Gasteiger partial charge in [-0.1, -0.05) is 20.8 Å². The molecule has 0 spiro atoms. The first kappa shape index (κ1) is 14.9. The summed E-state index contributed by atoms with van der Waals surface area (Å²) in [6.45, 7) is 6.64. The SMILES string of the molecule is CC(C)(C)C1CC(Oc2sncc2N)CCN1C(=O)O. The zero-order valence-corrected chi connectivity index (χ0v) is 12.8. The van der Waals surface area contributed by atoms with Gasteiger partial charge in [-0.2, -0.15) is 4.37 Å². The van der Waals surface area contributed by atoms with Gasteiger partial charge in [-0.3, -0.25) is 0 Å². The summed E-state index contributed by atoms with van der Waals surface area (Å²) in [5, 5.41) is 9.95. The molecule has 2 heterocycles. The summed E-state index contributed by atoms with van der Waals surface area (Å²) in [5.41, 5.74) is 6.19. The third-order valence-electron chi connectivity index (χ3n) is 3.64. The maximum atomic E-state index is 11.3. The molecule has 1 aliphatic heterocycles. The van der Waals surface area contributed by atoms with Crippen molar-refractivity contribution in [1.29, 1.82) is 0 Å². The van der Waals surface area contributed by atoms with Crippen molar-refractivity contribution in [2.45, 2.75) is 45.8 Å². The number of nitrogen functional groups attached to an aromatic ring is 1. The van der Waals surface area contributed by atoms with Crippen molar-refractivity contribution in [3.05, 3.63) is 6.20 Å². The molecule has 20 heavy (non-hydrogen) atoms. The normalized spacial score (nSPS) is 23.6. The molecule has 2 unspecified atom stereocenters. The Labute approximate surface area is 122 Å². The minimum Gasteiger partial charge on any atom is -0.478 e. The largest absolute Gasteiger partial charge is 0.478 e. The molecule has 1 aromatic heterocycles. The van der Waals surface area contributed by atoms with Crippen LogP contribution in [0.4, 0.5) is 10.5 Å². The van der Waals surface area contributed by atoms with Crippen LogP contribution >= 0.6 is 11.5 Å². The second kappa shape index (κ2) is 5.47. The van der Waals surface area contributed by atoms with Gasteiger partial charge in [-0.25, -0.2) is 4.79 Å². The fraction of sp³-hybridized carbons (Fsp3) is 0.692. The zero-order valence-electron chi connectivity index (χ0n) is 12.0. The van der Waals surface area contributed by atoms with Crippen molar-refractivity contribution in [2.75, 3.05) is 12.3 Å². The molecule has 1 aromatic rings. The molecule has 1 saturated heterocycles. The zero-order chi connectivity index (χ0) is 14.9. The lowest BCUT2D eigenvalue weighted by Gasteiger charge is -2.44. The van der Waals surface area contributed by atoms with Crippen LogP contribution in [0.3, 0.4) is 0 Å².